The van der Waals surface area contributed by atoms with Gasteiger partial charge in [-0.05, 0) is 12.1 Å². The molecule has 1 saturated heterocycles. The van der Waals surface area contributed by atoms with E-state index in [2.05, 4.69) is 10.6 Å². The van der Waals surface area contributed by atoms with Crippen LogP contribution in [0, 0.1) is 0 Å². The Hall–Kier alpha value is -1.60. The third-order valence-electron chi connectivity index (χ3n) is 3.08. The molecule has 118 valence electrons. The van der Waals surface area contributed by atoms with Gasteiger partial charge in [0.15, 0.2) is 11.5 Å². The Kier molecular flexibility index (Phi) is 5.74. The third kappa shape index (κ3) is 4.18. The summed E-state index contributed by atoms with van der Waals surface area (Å²) in [5, 5.41) is 5.08. The average Bonchev–Trinajstić information content (AvgIpc) is 2.79. The van der Waals surface area contributed by atoms with Gasteiger partial charge in [-0.25, -0.2) is 8.78 Å². The number of hydrogen-bond acceptors (Lipinski definition) is 4. The number of alkyl halides is 2. The van der Waals surface area contributed by atoms with E-state index in [9.17, 15) is 13.6 Å². The van der Waals surface area contributed by atoms with Crippen molar-refractivity contribution in [2.45, 2.75) is 18.4 Å². The van der Waals surface area contributed by atoms with Gasteiger partial charge in [-0.3, -0.25) is 10.1 Å². The van der Waals surface area contributed by atoms with Crippen LogP contribution in [0.4, 0.5) is 14.5 Å². The van der Waals surface area contributed by atoms with Crippen LogP contribution in [0.5, 0.6) is 11.5 Å². The van der Waals surface area contributed by atoms with Crippen LogP contribution in [-0.2, 0) is 4.79 Å². The molecule has 2 N–H and O–H groups in total. The summed E-state index contributed by atoms with van der Waals surface area (Å²) >= 11 is 0. The molecule has 1 aliphatic rings. The molecule has 1 atom stereocenters. The molecular weight excluding hydrogens is 306 g/mol. The maximum absolute atomic E-state index is 13.0. The number of nitrogens with one attached hydrogen (secondary N) is 2. The van der Waals surface area contributed by atoms with E-state index < -0.39 is 30.8 Å². The molecule has 1 unspecified atom stereocenters. The van der Waals surface area contributed by atoms with Gasteiger partial charge in [-0.1, -0.05) is 0 Å². The minimum atomic E-state index is -2.83. The van der Waals surface area contributed by atoms with Gasteiger partial charge in [0.1, 0.15) is 0 Å². The number of anilines is 1. The first-order valence-electron chi connectivity index (χ1n) is 6.09. The molecule has 1 heterocycles. The molecule has 0 saturated carbocycles. The van der Waals surface area contributed by atoms with Crippen LogP contribution >= 0.6 is 12.4 Å². The fraction of sp³-hybridized carbons (Fsp3) is 0.462. The van der Waals surface area contributed by atoms with Crippen molar-refractivity contribution in [3.63, 3.8) is 0 Å². The Balaban J connectivity index is 0.00000220. The number of carbonyl (C=O) groups is 1. The summed E-state index contributed by atoms with van der Waals surface area (Å²) in [7, 11) is 2.98. The Morgan fingerprint density at radius 3 is 2.52 bits per heavy atom. The van der Waals surface area contributed by atoms with Crippen LogP contribution in [0.1, 0.15) is 6.42 Å². The van der Waals surface area contributed by atoms with Gasteiger partial charge in [0, 0.05) is 18.2 Å². The molecule has 21 heavy (non-hydrogen) atoms. The lowest BCUT2D eigenvalue weighted by Crippen LogP contribution is -2.35. The number of halogens is 3. The molecule has 1 aromatic rings. The zero-order valence-corrected chi connectivity index (χ0v) is 12.4. The minimum Gasteiger partial charge on any atom is -0.493 e. The molecule has 0 spiro atoms. The molecule has 0 aromatic heterocycles. The summed E-state index contributed by atoms with van der Waals surface area (Å²) in [5.41, 5.74) is 0.463. The number of hydrogen-bond donors (Lipinski definition) is 2. The van der Waals surface area contributed by atoms with E-state index in [0.717, 1.165) is 0 Å². The van der Waals surface area contributed by atoms with Gasteiger partial charge < -0.3 is 14.8 Å². The van der Waals surface area contributed by atoms with E-state index in [4.69, 9.17) is 9.47 Å². The first kappa shape index (κ1) is 17.5. The second-order valence-corrected chi connectivity index (χ2v) is 4.55. The maximum atomic E-state index is 13.0. The van der Waals surface area contributed by atoms with E-state index >= 15 is 0 Å². The van der Waals surface area contributed by atoms with Crippen LogP contribution in [0.3, 0.4) is 0 Å². The lowest BCUT2D eigenvalue weighted by Gasteiger charge is -2.13. The summed E-state index contributed by atoms with van der Waals surface area (Å²) in [5.74, 6) is -2.35. The molecule has 0 bridgehead atoms. The predicted molar refractivity (Wildman–Crippen MR) is 76.8 cm³/mol. The van der Waals surface area contributed by atoms with E-state index in [1.165, 1.54) is 14.2 Å². The van der Waals surface area contributed by atoms with Crippen molar-refractivity contribution >= 4 is 24.0 Å². The monoisotopic (exact) mass is 322 g/mol. The molecule has 1 amide bonds. The summed E-state index contributed by atoms with van der Waals surface area (Å²) in [6.07, 6.45) is -0.494. The fourth-order valence-electron chi connectivity index (χ4n) is 2.04. The van der Waals surface area contributed by atoms with Crippen molar-refractivity contribution < 1.29 is 23.0 Å². The van der Waals surface area contributed by atoms with Crippen LogP contribution < -0.4 is 20.1 Å². The molecule has 8 heteroatoms. The lowest BCUT2D eigenvalue weighted by molar-refractivity contribution is -0.118. The topological polar surface area (TPSA) is 59.6 Å². The van der Waals surface area contributed by atoms with Crippen LogP contribution in [0.2, 0.25) is 0 Å². The number of ether oxygens (including phenoxy) is 2. The quantitative estimate of drug-likeness (QED) is 0.891. The van der Waals surface area contributed by atoms with Crippen molar-refractivity contribution in [3.05, 3.63) is 18.2 Å². The number of carbonyl (C=O) groups excluding carboxylic acids is 1. The van der Waals surface area contributed by atoms with Gasteiger partial charge in [-0.15, -0.1) is 12.4 Å². The Morgan fingerprint density at radius 2 is 2.00 bits per heavy atom. The normalized spacial score (nSPS) is 19.5. The van der Waals surface area contributed by atoms with Crippen molar-refractivity contribution in [1.82, 2.24) is 5.32 Å². The van der Waals surface area contributed by atoms with Gasteiger partial charge in [0.2, 0.25) is 5.91 Å². The Labute approximate surface area is 127 Å². The van der Waals surface area contributed by atoms with Gasteiger partial charge in [-0.2, -0.15) is 0 Å². The summed E-state index contributed by atoms with van der Waals surface area (Å²) in [6, 6.07) is 3.93. The maximum Gasteiger partial charge on any atom is 0.262 e. The Bertz CT molecular complexity index is 514. The second kappa shape index (κ2) is 6.91. The van der Waals surface area contributed by atoms with Gasteiger partial charge in [0.05, 0.1) is 26.8 Å². The Morgan fingerprint density at radius 1 is 1.33 bits per heavy atom. The highest BCUT2D eigenvalue weighted by atomic mass is 35.5. The van der Waals surface area contributed by atoms with Crippen molar-refractivity contribution in [2.24, 2.45) is 0 Å². The highest BCUT2D eigenvalue weighted by Gasteiger charge is 2.42. The first-order valence-corrected chi connectivity index (χ1v) is 6.09. The molecule has 5 nitrogen and oxygen atoms in total. The molecule has 1 aromatic carbocycles. The van der Waals surface area contributed by atoms with Crippen molar-refractivity contribution in [3.8, 4) is 11.5 Å². The van der Waals surface area contributed by atoms with Crippen molar-refractivity contribution in [2.75, 3.05) is 26.1 Å². The largest absolute Gasteiger partial charge is 0.493 e. The van der Waals surface area contributed by atoms with E-state index in [-0.39, 0.29) is 12.4 Å². The first-order chi connectivity index (χ1) is 9.45. The summed E-state index contributed by atoms with van der Waals surface area (Å²) in [4.78, 5) is 11.9. The number of rotatable bonds is 4. The molecule has 0 radical (unpaired) electrons. The SMILES string of the molecule is COc1ccc(NC(=O)C2CC(F)(F)CN2)cc1OC.Cl. The average molecular weight is 323 g/mol. The van der Waals surface area contributed by atoms with E-state index in [1.807, 2.05) is 0 Å². The van der Waals surface area contributed by atoms with Gasteiger partial charge >= 0.3 is 0 Å². The van der Waals surface area contributed by atoms with E-state index in [1.54, 1.807) is 18.2 Å². The van der Waals surface area contributed by atoms with E-state index in [0.29, 0.717) is 17.2 Å². The third-order valence-corrected chi connectivity index (χ3v) is 3.08. The summed E-state index contributed by atoms with van der Waals surface area (Å²) in [6.45, 7) is -0.475. The zero-order chi connectivity index (χ0) is 14.8. The number of methoxy groups -OCH3 is 2. The van der Waals surface area contributed by atoms with Gasteiger partial charge in [0.25, 0.3) is 5.92 Å². The molecular formula is C13H17ClF2N2O3. The highest BCUT2D eigenvalue weighted by Crippen LogP contribution is 2.30. The number of amides is 1. The molecule has 1 aliphatic heterocycles. The lowest BCUT2D eigenvalue weighted by atomic mass is 10.1. The van der Waals surface area contributed by atoms with Crippen LogP contribution in [0.15, 0.2) is 18.2 Å². The van der Waals surface area contributed by atoms with Crippen LogP contribution in [-0.4, -0.2) is 38.6 Å². The number of benzene rings is 1. The standard InChI is InChI=1S/C13H16F2N2O3.ClH/c1-19-10-4-3-8(5-11(10)20-2)17-12(18)9-6-13(14,15)7-16-9;/h3-5,9,16H,6-7H2,1-2H3,(H,17,18);1H. The zero-order valence-electron chi connectivity index (χ0n) is 11.6. The smallest absolute Gasteiger partial charge is 0.262 e. The van der Waals surface area contributed by atoms with Crippen LogP contribution in [0.25, 0.3) is 0 Å². The molecule has 1 fully saturated rings. The summed E-state index contributed by atoms with van der Waals surface area (Å²) < 4.78 is 36.2. The predicted octanol–water partition coefficient (Wildman–Crippen LogP) is 2.06. The highest BCUT2D eigenvalue weighted by molar-refractivity contribution is 5.95. The fourth-order valence-corrected chi connectivity index (χ4v) is 2.04. The second-order valence-electron chi connectivity index (χ2n) is 4.55. The minimum absolute atomic E-state index is 0. The molecule has 2 rings (SSSR count). The molecule has 0 aliphatic carbocycles. The van der Waals surface area contributed by atoms with Crippen molar-refractivity contribution in [1.29, 1.82) is 0 Å².